The molecule has 0 spiro atoms. The van der Waals surface area contributed by atoms with Gasteiger partial charge in [-0.15, -0.1) is 24.0 Å². The summed E-state index contributed by atoms with van der Waals surface area (Å²) in [5, 5.41) is 6.81. The van der Waals surface area contributed by atoms with Crippen LogP contribution in [0, 0.1) is 0 Å². The van der Waals surface area contributed by atoms with Crippen molar-refractivity contribution in [3.63, 3.8) is 0 Å². The second-order valence-corrected chi connectivity index (χ2v) is 8.09. The zero-order valence-corrected chi connectivity index (χ0v) is 21.0. The van der Waals surface area contributed by atoms with E-state index in [-0.39, 0.29) is 35.6 Å². The Bertz CT molecular complexity index is 599. The van der Waals surface area contributed by atoms with E-state index in [9.17, 15) is 0 Å². The number of halogens is 1. The van der Waals surface area contributed by atoms with Crippen LogP contribution in [0.1, 0.15) is 40.2 Å². The summed E-state index contributed by atoms with van der Waals surface area (Å²) in [6, 6.07) is 8.34. The molecule has 2 N–H and O–H groups in total. The molecule has 166 valence electrons. The number of guanidine groups is 1. The lowest BCUT2D eigenvalue weighted by Crippen LogP contribution is -2.52. The highest BCUT2D eigenvalue weighted by atomic mass is 127. The molecule has 1 aliphatic heterocycles. The first kappa shape index (κ1) is 26.0. The van der Waals surface area contributed by atoms with Gasteiger partial charge in [-0.2, -0.15) is 0 Å². The maximum Gasteiger partial charge on any atom is 0.191 e. The summed E-state index contributed by atoms with van der Waals surface area (Å²) in [6.07, 6.45) is 1.15. The Kier molecular flexibility index (Phi) is 11.9. The summed E-state index contributed by atoms with van der Waals surface area (Å²) >= 11 is 0. The zero-order chi connectivity index (χ0) is 20.4. The molecule has 0 aliphatic carbocycles. The highest BCUT2D eigenvalue weighted by Gasteiger charge is 2.28. The van der Waals surface area contributed by atoms with Crippen LogP contribution in [0.25, 0.3) is 0 Å². The van der Waals surface area contributed by atoms with E-state index >= 15 is 0 Å². The van der Waals surface area contributed by atoms with E-state index in [1.807, 2.05) is 26.0 Å². The highest BCUT2D eigenvalue weighted by molar-refractivity contribution is 14.0. The molecule has 1 heterocycles. The molecule has 1 aromatic carbocycles. The Hall–Kier alpha value is -1.06. The van der Waals surface area contributed by atoms with Crippen LogP contribution in [-0.4, -0.2) is 68.4 Å². The predicted octanol–water partition coefficient (Wildman–Crippen LogP) is 3.30. The van der Waals surface area contributed by atoms with Crippen molar-refractivity contribution in [2.75, 3.05) is 45.9 Å². The van der Waals surface area contributed by atoms with Crippen molar-refractivity contribution in [1.82, 2.24) is 15.5 Å². The maximum absolute atomic E-state index is 5.70. The fraction of sp³-hybridized carbons (Fsp3) is 0.682. The molecule has 1 aromatic rings. The summed E-state index contributed by atoms with van der Waals surface area (Å²) < 4.78 is 11.2. The van der Waals surface area contributed by atoms with Gasteiger partial charge in [0.25, 0.3) is 0 Å². The Labute approximate surface area is 193 Å². The molecule has 29 heavy (non-hydrogen) atoms. The number of hydrogen-bond acceptors (Lipinski definition) is 4. The standard InChI is InChI=1S/C22H38N4O2.HI/c1-6-23-21(25-17-22(4,5)26-13-15-27-16-14-26)24-12-11-19-7-9-20(10-8-19)28-18(2)3;/h7-10,18H,6,11-17H2,1-5H3,(H2,23,24,25);1H. The molecule has 0 radical (unpaired) electrons. The first-order valence-corrected chi connectivity index (χ1v) is 10.5. The zero-order valence-electron chi connectivity index (χ0n) is 18.7. The van der Waals surface area contributed by atoms with Crippen molar-refractivity contribution in [2.24, 2.45) is 4.99 Å². The third kappa shape index (κ3) is 9.53. The summed E-state index contributed by atoms with van der Waals surface area (Å²) in [5.41, 5.74) is 1.31. The average Bonchev–Trinajstić information content (AvgIpc) is 2.68. The van der Waals surface area contributed by atoms with Gasteiger partial charge < -0.3 is 20.1 Å². The maximum atomic E-state index is 5.70. The number of rotatable bonds is 9. The monoisotopic (exact) mass is 518 g/mol. The SMILES string of the molecule is CCNC(=NCC(C)(C)N1CCOCC1)NCCc1ccc(OC(C)C)cc1.I. The van der Waals surface area contributed by atoms with E-state index in [1.165, 1.54) is 5.56 Å². The normalized spacial score (nSPS) is 15.7. The van der Waals surface area contributed by atoms with Crippen molar-refractivity contribution < 1.29 is 9.47 Å². The van der Waals surface area contributed by atoms with Crippen molar-refractivity contribution in [1.29, 1.82) is 0 Å². The number of benzene rings is 1. The van der Waals surface area contributed by atoms with Gasteiger partial charge in [0.1, 0.15) is 5.75 Å². The molecule has 0 aromatic heterocycles. The predicted molar refractivity (Wildman–Crippen MR) is 132 cm³/mol. The minimum Gasteiger partial charge on any atom is -0.491 e. The molecule has 6 nitrogen and oxygen atoms in total. The van der Waals surface area contributed by atoms with E-state index < -0.39 is 0 Å². The Morgan fingerprint density at radius 2 is 1.83 bits per heavy atom. The van der Waals surface area contributed by atoms with Crippen molar-refractivity contribution in [3.05, 3.63) is 29.8 Å². The van der Waals surface area contributed by atoms with Gasteiger partial charge >= 0.3 is 0 Å². The van der Waals surface area contributed by atoms with Crippen LogP contribution in [0.2, 0.25) is 0 Å². The van der Waals surface area contributed by atoms with Crippen LogP contribution in [0.5, 0.6) is 5.75 Å². The van der Waals surface area contributed by atoms with Crippen LogP contribution >= 0.6 is 24.0 Å². The third-order valence-corrected chi connectivity index (χ3v) is 4.84. The van der Waals surface area contributed by atoms with E-state index in [0.717, 1.165) is 64.1 Å². The lowest BCUT2D eigenvalue weighted by molar-refractivity contribution is -0.00683. The topological polar surface area (TPSA) is 58.1 Å². The largest absolute Gasteiger partial charge is 0.491 e. The Morgan fingerprint density at radius 3 is 2.41 bits per heavy atom. The molecule has 7 heteroatoms. The van der Waals surface area contributed by atoms with Crippen LogP contribution in [0.4, 0.5) is 0 Å². The molecular weight excluding hydrogens is 479 g/mol. The van der Waals surface area contributed by atoms with Gasteiger partial charge in [-0.1, -0.05) is 12.1 Å². The van der Waals surface area contributed by atoms with Crippen LogP contribution < -0.4 is 15.4 Å². The lowest BCUT2D eigenvalue weighted by Gasteiger charge is -2.39. The first-order chi connectivity index (χ1) is 13.4. The molecule has 1 saturated heterocycles. The summed E-state index contributed by atoms with van der Waals surface area (Å²) in [4.78, 5) is 7.29. The highest BCUT2D eigenvalue weighted by Crippen LogP contribution is 2.16. The summed E-state index contributed by atoms with van der Waals surface area (Å²) in [7, 11) is 0. The number of hydrogen-bond donors (Lipinski definition) is 2. The minimum absolute atomic E-state index is 0. The fourth-order valence-electron chi connectivity index (χ4n) is 3.22. The fourth-order valence-corrected chi connectivity index (χ4v) is 3.22. The summed E-state index contributed by atoms with van der Waals surface area (Å²) in [6.45, 7) is 16.7. The van der Waals surface area contributed by atoms with Crippen LogP contribution in [-0.2, 0) is 11.2 Å². The number of aliphatic imine (C=N–C) groups is 1. The molecule has 0 atom stereocenters. The number of nitrogens with one attached hydrogen (secondary N) is 2. The molecule has 0 bridgehead atoms. The van der Waals surface area contributed by atoms with E-state index in [0.29, 0.717) is 0 Å². The second kappa shape index (κ2) is 13.3. The van der Waals surface area contributed by atoms with Gasteiger partial charge in [0, 0.05) is 31.7 Å². The number of morpholine rings is 1. The molecule has 1 aliphatic rings. The lowest BCUT2D eigenvalue weighted by atomic mass is 10.0. The molecule has 1 fully saturated rings. The van der Waals surface area contributed by atoms with Gasteiger partial charge in [-0.05, 0) is 58.7 Å². The Balaban J connectivity index is 0.00000420. The second-order valence-electron chi connectivity index (χ2n) is 8.09. The van der Waals surface area contributed by atoms with E-state index in [1.54, 1.807) is 0 Å². The quantitative estimate of drug-likeness (QED) is 0.299. The number of nitrogens with zero attached hydrogens (tertiary/aromatic N) is 2. The van der Waals surface area contributed by atoms with Crippen molar-refractivity contribution >= 4 is 29.9 Å². The van der Waals surface area contributed by atoms with E-state index in [2.05, 4.69) is 48.4 Å². The van der Waals surface area contributed by atoms with Gasteiger partial charge in [-0.25, -0.2) is 0 Å². The molecular formula is C22H39IN4O2. The smallest absolute Gasteiger partial charge is 0.191 e. The molecule has 2 rings (SSSR count). The first-order valence-electron chi connectivity index (χ1n) is 10.5. The van der Waals surface area contributed by atoms with Gasteiger partial charge in [0.05, 0.1) is 25.9 Å². The van der Waals surface area contributed by atoms with Crippen LogP contribution in [0.15, 0.2) is 29.3 Å². The van der Waals surface area contributed by atoms with Crippen molar-refractivity contribution in [2.45, 2.75) is 52.7 Å². The van der Waals surface area contributed by atoms with Gasteiger partial charge in [-0.3, -0.25) is 9.89 Å². The number of ether oxygens (including phenoxy) is 2. The van der Waals surface area contributed by atoms with Gasteiger partial charge in [0.15, 0.2) is 5.96 Å². The summed E-state index contributed by atoms with van der Waals surface area (Å²) in [5.74, 6) is 1.80. The minimum atomic E-state index is 0. The Morgan fingerprint density at radius 1 is 1.17 bits per heavy atom. The molecule has 0 unspecified atom stereocenters. The molecule has 0 saturated carbocycles. The van der Waals surface area contributed by atoms with Crippen LogP contribution in [0.3, 0.4) is 0 Å². The third-order valence-electron chi connectivity index (χ3n) is 4.84. The van der Waals surface area contributed by atoms with Gasteiger partial charge in [0.2, 0.25) is 0 Å². The molecule has 0 amide bonds. The average molecular weight is 518 g/mol. The van der Waals surface area contributed by atoms with E-state index in [4.69, 9.17) is 14.5 Å². The van der Waals surface area contributed by atoms with Crippen molar-refractivity contribution in [3.8, 4) is 5.75 Å².